The first-order valence-electron chi connectivity index (χ1n) is 10.9. The van der Waals surface area contributed by atoms with Gasteiger partial charge in [-0.15, -0.1) is 34.4 Å². The lowest BCUT2D eigenvalue weighted by Gasteiger charge is -2.21. The molecule has 11 heteroatoms. The molecule has 8 nitrogen and oxygen atoms in total. The summed E-state index contributed by atoms with van der Waals surface area (Å²) < 4.78 is 10.5. The number of anilines is 1. The Kier molecular flexibility index (Phi) is 6.95. The van der Waals surface area contributed by atoms with Gasteiger partial charge >= 0.3 is 5.97 Å². The summed E-state index contributed by atoms with van der Waals surface area (Å²) in [5, 5.41) is 13.3. The van der Waals surface area contributed by atoms with E-state index in [2.05, 4.69) is 0 Å². The van der Waals surface area contributed by atoms with E-state index in [0.717, 1.165) is 27.6 Å². The quantitative estimate of drug-likeness (QED) is 0.310. The van der Waals surface area contributed by atoms with Gasteiger partial charge in [-0.3, -0.25) is 14.5 Å². The standard InChI is InChI=1S/C25H21N3O5S3/c1-32-16-7-3-14(4-8-16)18-12-34-22(26-18)19-13-35-25(27-19)28-23(31)20(11-21(29)30)36-24(28)15-5-9-17(33-2)10-6-15/h3-10,12-13,20,24H,11H2,1-2H3,(H,29,30). The molecular formula is C25H21N3O5S3. The van der Waals surface area contributed by atoms with Crippen molar-refractivity contribution in [3.05, 3.63) is 64.9 Å². The molecule has 2 unspecified atom stereocenters. The monoisotopic (exact) mass is 539 g/mol. The topological polar surface area (TPSA) is 102 Å². The van der Waals surface area contributed by atoms with Gasteiger partial charge in [-0.05, 0) is 42.0 Å². The molecule has 1 aliphatic rings. The Bertz CT molecular complexity index is 1380. The van der Waals surface area contributed by atoms with Crippen LogP contribution in [0.15, 0.2) is 59.3 Å². The molecule has 1 N–H and O–H groups in total. The highest BCUT2D eigenvalue weighted by molar-refractivity contribution is 8.01. The number of hydrogen-bond donors (Lipinski definition) is 1. The van der Waals surface area contributed by atoms with Gasteiger partial charge in [0.05, 0.1) is 31.6 Å². The summed E-state index contributed by atoms with van der Waals surface area (Å²) in [7, 11) is 3.22. The number of thiazole rings is 2. The Morgan fingerprint density at radius 1 is 0.944 bits per heavy atom. The molecule has 2 aromatic carbocycles. The van der Waals surface area contributed by atoms with Crippen LogP contribution in [0, 0.1) is 0 Å². The number of carboxylic acids is 1. The van der Waals surface area contributed by atoms with E-state index in [1.807, 2.05) is 59.3 Å². The smallest absolute Gasteiger partial charge is 0.305 e. The molecule has 1 aliphatic heterocycles. The Labute approximate surface area is 219 Å². The number of aliphatic carboxylic acids is 1. The van der Waals surface area contributed by atoms with Gasteiger partial charge in [0.25, 0.3) is 0 Å². The first kappa shape index (κ1) is 24.3. The molecule has 1 saturated heterocycles. The molecular weight excluding hydrogens is 518 g/mol. The SMILES string of the molecule is COc1ccc(-c2csc(-c3csc(N4C(=O)C(CC(=O)O)SC4c4ccc(OC)cc4)n3)n2)cc1. The van der Waals surface area contributed by atoms with Gasteiger partial charge in [0.1, 0.15) is 27.6 Å². The third-order valence-electron chi connectivity index (χ3n) is 5.61. The predicted molar refractivity (Wildman–Crippen MR) is 142 cm³/mol. The third-order valence-corrected chi connectivity index (χ3v) is 8.75. The number of rotatable bonds is 8. The minimum Gasteiger partial charge on any atom is -0.497 e. The zero-order valence-corrected chi connectivity index (χ0v) is 21.7. The van der Waals surface area contributed by atoms with Crippen molar-refractivity contribution < 1.29 is 24.2 Å². The average Bonchev–Trinajstić information content (AvgIpc) is 3.63. The van der Waals surface area contributed by atoms with Crippen LogP contribution in [0.4, 0.5) is 5.13 Å². The molecule has 5 rings (SSSR count). The Morgan fingerprint density at radius 3 is 2.22 bits per heavy atom. The summed E-state index contributed by atoms with van der Waals surface area (Å²) in [6, 6.07) is 15.1. The second kappa shape index (κ2) is 10.3. The highest BCUT2D eigenvalue weighted by Gasteiger charge is 2.44. The summed E-state index contributed by atoms with van der Waals surface area (Å²) in [5.74, 6) is 0.209. The molecule has 4 aromatic rings. The fourth-order valence-electron chi connectivity index (χ4n) is 3.79. The lowest BCUT2D eigenvalue weighted by Crippen LogP contribution is -2.31. The number of amides is 1. The van der Waals surface area contributed by atoms with Crippen molar-refractivity contribution in [2.45, 2.75) is 17.0 Å². The molecule has 1 amide bonds. The molecule has 36 heavy (non-hydrogen) atoms. The van der Waals surface area contributed by atoms with Gasteiger partial charge in [0.2, 0.25) is 5.91 Å². The van der Waals surface area contributed by atoms with Gasteiger partial charge in [0.15, 0.2) is 5.13 Å². The van der Waals surface area contributed by atoms with Crippen molar-refractivity contribution >= 4 is 51.4 Å². The highest BCUT2D eigenvalue weighted by Crippen LogP contribution is 2.48. The van der Waals surface area contributed by atoms with E-state index in [9.17, 15) is 14.7 Å². The van der Waals surface area contributed by atoms with Crippen LogP contribution in [0.2, 0.25) is 0 Å². The maximum atomic E-state index is 13.3. The van der Waals surface area contributed by atoms with Gasteiger partial charge in [0, 0.05) is 16.3 Å². The number of carbonyl (C=O) groups excluding carboxylic acids is 1. The average molecular weight is 540 g/mol. The fourth-order valence-corrected chi connectivity index (χ4v) is 6.98. The Balaban J connectivity index is 1.44. The second-order valence-electron chi connectivity index (χ2n) is 7.84. The van der Waals surface area contributed by atoms with Crippen molar-refractivity contribution in [1.29, 1.82) is 0 Å². The molecule has 0 bridgehead atoms. The summed E-state index contributed by atoms with van der Waals surface area (Å²) in [5.41, 5.74) is 3.34. The third kappa shape index (κ3) is 4.81. The van der Waals surface area contributed by atoms with Crippen molar-refractivity contribution in [1.82, 2.24) is 9.97 Å². The van der Waals surface area contributed by atoms with Gasteiger partial charge < -0.3 is 14.6 Å². The van der Waals surface area contributed by atoms with Crippen LogP contribution in [0.1, 0.15) is 17.4 Å². The maximum absolute atomic E-state index is 13.3. The van der Waals surface area contributed by atoms with Crippen LogP contribution in [0.25, 0.3) is 22.0 Å². The lowest BCUT2D eigenvalue weighted by atomic mass is 10.2. The first-order valence-corrected chi connectivity index (χ1v) is 13.6. The second-order valence-corrected chi connectivity index (χ2v) is 10.8. The van der Waals surface area contributed by atoms with E-state index < -0.39 is 16.6 Å². The normalized spacial score (nSPS) is 17.4. The number of carboxylic acid groups (broad SMARTS) is 1. The molecule has 0 aliphatic carbocycles. The summed E-state index contributed by atoms with van der Waals surface area (Å²) in [6.45, 7) is 0. The van der Waals surface area contributed by atoms with Crippen molar-refractivity contribution in [3.63, 3.8) is 0 Å². The molecule has 3 heterocycles. The minimum absolute atomic E-state index is 0.247. The molecule has 184 valence electrons. The van der Waals surface area contributed by atoms with Crippen molar-refractivity contribution in [3.8, 4) is 33.5 Å². The zero-order chi connectivity index (χ0) is 25.2. The Morgan fingerprint density at radius 2 is 1.58 bits per heavy atom. The van der Waals surface area contributed by atoms with E-state index in [1.54, 1.807) is 19.1 Å². The van der Waals surface area contributed by atoms with Gasteiger partial charge in [-0.1, -0.05) is 12.1 Å². The van der Waals surface area contributed by atoms with Crippen LogP contribution in [-0.4, -0.2) is 46.4 Å². The summed E-state index contributed by atoms with van der Waals surface area (Å²) in [4.78, 5) is 35.8. The number of hydrogen-bond acceptors (Lipinski definition) is 9. The molecule has 0 saturated carbocycles. The van der Waals surface area contributed by atoms with Crippen LogP contribution < -0.4 is 14.4 Å². The van der Waals surface area contributed by atoms with Crippen LogP contribution in [0.3, 0.4) is 0 Å². The number of thioether (sulfide) groups is 1. The van der Waals surface area contributed by atoms with E-state index in [4.69, 9.17) is 19.4 Å². The predicted octanol–water partition coefficient (Wildman–Crippen LogP) is 5.57. The molecule has 0 spiro atoms. The lowest BCUT2D eigenvalue weighted by molar-refractivity contribution is -0.138. The molecule has 0 radical (unpaired) electrons. The number of carbonyl (C=O) groups is 2. The van der Waals surface area contributed by atoms with Gasteiger partial charge in [-0.25, -0.2) is 9.97 Å². The van der Waals surface area contributed by atoms with Crippen LogP contribution >= 0.6 is 34.4 Å². The molecule has 1 fully saturated rings. The molecule has 2 aromatic heterocycles. The van der Waals surface area contributed by atoms with Crippen molar-refractivity contribution in [2.24, 2.45) is 0 Å². The van der Waals surface area contributed by atoms with Gasteiger partial charge in [-0.2, -0.15) is 0 Å². The molecule has 2 atom stereocenters. The van der Waals surface area contributed by atoms with Crippen LogP contribution in [-0.2, 0) is 9.59 Å². The number of ether oxygens (including phenoxy) is 2. The van der Waals surface area contributed by atoms with E-state index in [-0.39, 0.29) is 12.3 Å². The number of methoxy groups -OCH3 is 2. The van der Waals surface area contributed by atoms with E-state index in [1.165, 1.54) is 34.4 Å². The summed E-state index contributed by atoms with van der Waals surface area (Å²) >= 11 is 4.14. The van der Waals surface area contributed by atoms with E-state index >= 15 is 0 Å². The zero-order valence-electron chi connectivity index (χ0n) is 19.3. The summed E-state index contributed by atoms with van der Waals surface area (Å²) in [6.07, 6.45) is -0.247. The first-order chi connectivity index (χ1) is 17.5. The number of nitrogens with zero attached hydrogens (tertiary/aromatic N) is 3. The highest BCUT2D eigenvalue weighted by atomic mass is 32.2. The van der Waals surface area contributed by atoms with Crippen LogP contribution in [0.5, 0.6) is 11.5 Å². The Hall–Kier alpha value is -3.41. The number of aromatic nitrogens is 2. The van der Waals surface area contributed by atoms with Crippen molar-refractivity contribution in [2.75, 3.05) is 19.1 Å². The minimum atomic E-state index is -1.01. The fraction of sp³-hybridized carbons (Fsp3) is 0.200. The largest absolute Gasteiger partial charge is 0.497 e. The number of benzene rings is 2. The maximum Gasteiger partial charge on any atom is 0.305 e. The van der Waals surface area contributed by atoms with E-state index in [0.29, 0.717) is 16.6 Å².